The van der Waals surface area contributed by atoms with Gasteiger partial charge in [0.05, 0.1) is 0 Å². The summed E-state index contributed by atoms with van der Waals surface area (Å²) in [5, 5.41) is 0. The number of hydrogen-bond acceptors (Lipinski definition) is 3. The molecule has 1 unspecified atom stereocenters. The fourth-order valence-corrected chi connectivity index (χ4v) is 1.41. The number of carbonyl (C=O) groups excluding carboxylic acids is 1. The van der Waals surface area contributed by atoms with E-state index < -0.39 is 0 Å². The molecule has 0 N–H and O–H groups in total. The van der Waals surface area contributed by atoms with Gasteiger partial charge in [-0.15, -0.1) is 0 Å². The average molecular weight is 217 g/mol. The molecule has 0 radical (unpaired) electrons. The predicted molar refractivity (Wildman–Crippen MR) is 59.3 cm³/mol. The van der Waals surface area contributed by atoms with Gasteiger partial charge in [0.1, 0.15) is 13.0 Å². The first-order valence-electron chi connectivity index (χ1n) is 5.40. The minimum absolute atomic E-state index is 0.0327. The van der Waals surface area contributed by atoms with Gasteiger partial charge in [-0.1, -0.05) is 27.2 Å². The topological polar surface area (TPSA) is 38.8 Å². The van der Waals surface area contributed by atoms with Crippen molar-refractivity contribution in [3.8, 4) is 0 Å². The van der Waals surface area contributed by atoms with Crippen LogP contribution in [0.25, 0.3) is 0 Å². The molecule has 0 rings (SSSR count). The zero-order valence-electron chi connectivity index (χ0n) is 10.4. The van der Waals surface area contributed by atoms with E-state index in [9.17, 15) is 4.79 Å². The quantitative estimate of drug-likeness (QED) is 0.611. The Labute approximate surface area is 92.5 Å². The van der Waals surface area contributed by atoms with E-state index >= 15 is 0 Å². The molecule has 15 heavy (non-hydrogen) atoms. The van der Waals surface area contributed by atoms with Gasteiger partial charge in [-0.2, -0.15) is 0 Å². The lowest BCUT2D eigenvalue weighted by molar-refractivity contribution is -0.157. The Morgan fingerprint density at radius 1 is 1.33 bits per heavy atom. The predicted octanol–water partition coefficient (Wildman–Crippen LogP) is 1.85. The van der Waals surface area contributed by atoms with E-state index in [-0.39, 0.29) is 24.8 Å². The molecule has 1 amide bonds. The minimum Gasteiger partial charge on any atom is -0.364 e. The number of methoxy groups -OCH3 is 2. The SMILES string of the molecule is CCCC(OC)N(COC)C(=O)C(C)C. The van der Waals surface area contributed by atoms with Crippen molar-refractivity contribution in [2.45, 2.75) is 39.8 Å². The van der Waals surface area contributed by atoms with Gasteiger partial charge >= 0.3 is 0 Å². The summed E-state index contributed by atoms with van der Waals surface area (Å²) in [6.07, 6.45) is 1.63. The molecule has 90 valence electrons. The van der Waals surface area contributed by atoms with Crippen LogP contribution in [0.15, 0.2) is 0 Å². The zero-order valence-corrected chi connectivity index (χ0v) is 10.4. The van der Waals surface area contributed by atoms with E-state index in [1.54, 1.807) is 19.1 Å². The second-order valence-corrected chi connectivity index (χ2v) is 3.86. The first-order chi connectivity index (χ1) is 7.08. The summed E-state index contributed by atoms with van der Waals surface area (Å²) in [5.74, 6) is 0.0341. The van der Waals surface area contributed by atoms with Crippen LogP contribution in [-0.2, 0) is 14.3 Å². The van der Waals surface area contributed by atoms with E-state index in [1.165, 1.54) is 0 Å². The van der Waals surface area contributed by atoms with Crippen molar-refractivity contribution in [2.24, 2.45) is 5.92 Å². The molecule has 0 aromatic rings. The lowest BCUT2D eigenvalue weighted by Gasteiger charge is -2.31. The summed E-state index contributed by atoms with van der Waals surface area (Å²) in [7, 11) is 3.20. The van der Waals surface area contributed by atoms with Crippen molar-refractivity contribution < 1.29 is 14.3 Å². The van der Waals surface area contributed by atoms with Crippen LogP contribution in [0.1, 0.15) is 33.6 Å². The molecule has 4 heteroatoms. The molecule has 0 bridgehead atoms. The number of nitrogens with zero attached hydrogens (tertiary/aromatic N) is 1. The maximum absolute atomic E-state index is 11.9. The van der Waals surface area contributed by atoms with Crippen molar-refractivity contribution in [1.82, 2.24) is 4.90 Å². The summed E-state index contributed by atoms with van der Waals surface area (Å²) in [6.45, 7) is 6.11. The summed E-state index contributed by atoms with van der Waals surface area (Å²) in [5.41, 5.74) is 0. The second-order valence-electron chi connectivity index (χ2n) is 3.86. The first kappa shape index (κ1) is 14.4. The van der Waals surface area contributed by atoms with E-state index in [1.807, 2.05) is 13.8 Å². The lowest BCUT2D eigenvalue weighted by atomic mass is 10.1. The molecule has 4 nitrogen and oxygen atoms in total. The Balaban J connectivity index is 4.52. The van der Waals surface area contributed by atoms with Crippen LogP contribution in [-0.4, -0.2) is 38.0 Å². The smallest absolute Gasteiger partial charge is 0.228 e. The Kier molecular flexibility index (Phi) is 7.34. The highest BCUT2D eigenvalue weighted by Crippen LogP contribution is 2.12. The van der Waals surface area contributed by atoms with Gasteiger partial charge in [-0.05, 0) is 6.42 Å². The van der Waals surface area contributed by atoms with Crippen LogP contribution >= 0.6 is 0 Å². The first-order valence-corrected chi connectivity index (χ1v) is 5.40. The standard InChI is InChI=1S/C11H23NO3/c1-6-7-10(15-5)12(8-14-4)11(13)9(2)3/h9-10H,6-8H2,1-5H3. The molecule has 0 spiro atoms. The number of hydrogen-bond donors (Lipinski definition) is 0. The molecule has 0 saturated carbocycles. The molecule has 0 saturated heterocycles. The van der Waals surface area contributed by atoms with Crippen LogP contribution in [0.2, 0.25) is 0 Å². The van der Waals surface area contributed by atoms with Crippen LogP contribution < -0.4 is 0 Å². The molecule has 0 aliphatic heterocycles. The summed E-state index contributed by atoms with van der Waals surface area (Å²) >= 11 is 0. The molecule has 0 heterocycles. The van der Waals surface area contributed by atoms with E-state index in [0.29, 0.717) is 0 Å². The van der Waals surface area contributed by atoms with Gasteiger partial charge < -0.3 is 9.47 Å². The Morgan fingerprint density at radius 3 is 2.27 bits per heavy atom. The van der Waals surface area contributed by atoms with Crippen molar-refractivity contribution in [1.29, 1.82) is 0 Å². The van der Waals surface area contributed by atoms with Crippen molar-refractivity contribution in [2.75, 3.05) is 21.0 Å². The highest BCUT2D eigenvalue weighted by Gasteiger charge is 2.24. The number of amides is 1. The highest BCUT2D eigenvalue weighted by atomic mass is 16.5. The van der Waals surface area contributed by atoms with Gasteiger partial charge in [0.15, 0.2) is 0 Å². The largest absolute Gasteiger partial charge is 0.364 e. The summed E-state index contributed by atoms with van der Waals surface area (Å²) < 4.78 is 10.3. The number of carbonyl (C=O) groups is 1. The van der Waals surface area contributed by atoms with Gasteiger partial charge in [-0.3, -0.25) is 9.69 Å². The third-order valence-corrected chi connectivity index (χ3v) is 2.20. The molecule has 1 atom stereocenters. The average Bonchev–Trinajstić information content (AvgIpc) is 2.22. The minimum atomic E-state index is -0.176. The Bertz CT molecular complexity index is 183. The number of ether oxygens (including phenoxy) is 2. The van der Waals surface area contributed by atoms with Crippen LogP contribution in [0, 0.1) is 5.92 Å². The molecule has 0 aliphatic rings. The van der Waals surface area contributed by atoms with Gasteiger partial charge in [0, 0.05) is 20.1 Å². The van der Waals surface area contributed by atoms with Crippen molar-refractivity contribution in [3.05, 3.63) is 0 Å². The summed E-state index contributed by atoms with van der Waals surface area (Å²) in [6, 6.07) is 0. The van der Waals surface area contributed by atoms with Gasteiger partial charge in [0.25, 0.3) is 0 Å². The molecule has 0 aromatic carbocycles. The van der Waals surface area contributed by atoms with Crippen LogP contribution in [0.5, 0.6) is 0 Å². The third kappa shape index (κ3) is 4.62. The van der Waals surface area contributed by atoms with Gasteiger partial charge in [-0.25, -0.2) is 0 Å². The van der Waals surface area contributed by atoms with Crippen LogP contribution in [0.4, 0.5) is 0 Å². The van der Waals surface area contributed by atoms with E-state index in [2.05, 4.69) is 6.92 Å². The van der Waals surface area contributed by atoms with Crippen molar-refractivity contribution in [3.63, 3.8) is 0 Å². The summed E-state index contributed by atoms with van der Waals surface area (Å²) in [4.78, 5) is 13.5. The Morgan fingerprint density at radius 2 is 1.93 bits per heavy atom. The monoisotopic (exact) mass is 217 g/mol. The lowest BCUT2D eigenvalue weighted by Crippen LogP contribution is -2.44. The van der Waals surface area contributed by atoms with E-state index in [4.69, 9.17) is 9.47 Å². The zero-order chi connectivity index (χ0) is 11.8. The van der Waals surface area contributed by atoms with Crippen LogP contribution in [0.3, 0.4) is 0 Å². The molecular formula is C11H23NO3. The van der Waals surface area contributed by atoms with Gasteiger partial charge in [0.2, 0.25) is 5.91 Å². The second kappa shape index (κ2) is 7.65. The van der Waals surface area contributed by atoms with Crippen molar-refractivity contribution >= 4 is 5.91 Å². The molecule has 0 aliphatic carbocycles. The third-order valence-electron chi connectivity index (χ3n) is 2.20. The van der Waals surface area contributed by atoms with E-state index in [0.717, 1.165) is 12.8 Å². The maximum Gasteiger partial charge on any atom is 0.228 e. The molecule has 0 aromatic heterocycles. The molecular weight excluding hydrogens is 194 g/mol. The normalized spacial score (nSPS) is 12.9. The fourth-order valence-electron chi connectivity index (χ4n) is 1.41. The fraction of sp³-hybridized carbons (Fsp3) is 0.909. The Hall–Kier alpha value is -0.610. The molecule has 0 fully saturated rings. The number of rotatable bonds is 7. The maximum atomic E-state index is 11.9. The highest BCUT2D eigenvalue weighted by molar-refractivity contribution is 5.78.